The van der Waals surface area contributed by atoms with Crippen LogP contribution in [0, 0.1) is 0 Å². The lowest BCUT2D eigenvalue weighted by Crippen LogP contribution is -2.26. The van der Waals surface area contributed by atoms with Crippen LogP contribution in [-0.4, -0.2) is 0 Å². The molecule has 0 saturated carbocycles. The first-order chi connectivity index (χ1) is 9.13. The van der Waals surface area contributed by atoms with Gasteiger partial charge >= 0.3 is 0 Å². The van der Waals surface area contributed by atoms with Crippen LogP contribution in [0.25, 0.3) is 0 Å². The predicted molar refractivity (Wildman–Crippen MR) is 87.1 cm³/mol. The van der Waals surface area contributed by atoms with Crippen LogP contribution >= 0.6 is 0 Å². The Hall–Kier alpha value is -0.780. The van der Waals surface area contributed by atoms with E-state index in [1.807, 2.05) is 0 Å². The molecule has 0 aliphatic rings. The Labute approximate surface area is 120 Å². The summed E-state index contributed by atoms with van der Waals surface area (Å²) in [6.07, 6.45) is 7.26. The monoisotopic (exact) mass is 260 g/mol. The third kappa shape index (κ3) is 2.88. The van der Waals surface area contributed by atoms with Gasteiger partial charge in [0.15, 0.2) is 0 Å². The zero-order valence-electron chi connectivity index (χ0n) is 13.9. The van der Waals surface area contributed by atoms with Crippen molar-refractivity contribution in [3.8, 4) is 0 Å². The summed E-state index contributed by atoms with van der Waals surface area (Å²) < 4.78 is 0. The van der Waals surface area contributed by atoms with Crippen LogP contribution in [0.3, 0.4) is 0 Å². The summed E-state index contributed by atoms with van der Waals surface area (Å²) in [7, 11) is 0. The molecule has 0 aromatic heterocycles. The van der Waals surface area contributed by atoms with Crippen LogP contribution in [0.5, 0.6) is 0 Å². The second-order valence-corrected chi connectivity index (χ2v) is 5.63. The van der Waals surface area contributed by atoms with Crippen LogP contribution < -0.4 is 0 Å². The highest BCUT2D eigenvalue weighted by molar-refractivity contribution is 5.45. The highest BCUT2D eigenvalue weighted by Gasteiger charge is 2.29. The molecule has 108 valence electrons. The normalized spacial score (nSPS) is 11.9. The molecular weight excluding hydrogens is 228 g/mol. The number of benzene rings is 1. The standard InChI is InChI=1S/C19H32/c1-7-15-13-14-18(17(9-3)16(15)8-2)19(10-4,11-5)12-6/h13-14H,7-12H2,1-6H3. The molecule has 0 spiro atoms. The van der Waals surface area contributed by atoms with Crippen molar-refractivity contribution in [3.63, 3.8) is 0 Å². The molecule has 0 nitrogen and oxygen atoms in total. The number of aryl methyl sites for hydroxylation is 1. The van der Waals surface area contributed by atoms with Crippen molar-refractivity contribution < 1.29 is 0 Å². The Kier molecular flexibility index (Phi) is 6.10. The minimum absolute atomic E-state index is 0.390. The van der Waals surface area contributed by atoms with E-state index in [-0.39, 0.29) is 0 Å². The predicted octanol–water partition coefficient (Wildman–Crippen LogP) is 5.84. The molecule has 0 fully saturated rings. The van der Waals surface area contributed by atoms with Gasteiger partial charge in [-0.3, -0.25) is 0 Å². The van der Waals surface area contributed by atoms with E-state index in [2.05, 4.69) is 53.7 Å². The van der Waals surface area contributed by atoms with Gasteiger partial charge in [0.2, 0.25) is 0 Å². The molecule has 0 aliphatic carbocycles. The maximum atomic E-state index is 2.44. The Morgan fingerprint density at radius 1 is 0.684 bits per heavy atom. The molecule has 1 aromatic carbocycles. The third-order valence-electron chi connectivity index (χ3n) is 5.22. The van der Waals surface area contributed by atoms with Crippen molar-refractivity contribution >= 4 is 0 Å². The summed E-state index contributed by atoms with van der Waals surface area (Å²) >= 11 is 0. The van der Waals surface area contributed by atoms with Crippen LogP contribution in [-0.2, 0) is 24.7 Å². The lowest BCUT2D eigenvalue weighted by molar-refractivity contribution is 0.378. The molecule has 0 heterocycles. The molecule has 0 amide bonds. The van der Waals surface area contributed by atoms with Gasteiger partial charge in [0, 0.05) is 0 Å². The van der Waals surface area contributed by atoms with Gasteiger partial charge in [-0.2, -0.15) is 0 Å². The van der Waals surface area contributed by atoms with Crippen molar-refractivity contribution in [2.24, 2.45) is 0 Å². The topological polar surface area (TPSA) is 0 Å². The average Bonchev–Trinajstić information content (AvgIpc) is 2.48. The van der Waals surface area contributed by atoms with E-state index < -0.39 is 0 Å². The molecule has 0 heteroatoms. The van der Waals surface area contributed by atoms with Crippen molar-refractivity contribution in [3.05, 3.63) is 34.4 Å². The smallest absolute Gasteiger partial charge is 0.00520 e. The Bertz CT molecular complexity index is 388. The SMILES string of the molecule is CCc1ccc(C(CC)(CC)CC)c(CC)c1CC. The summed E-state index contributed by atoms with van der Waals surface area (Å²) in [5.41, 5.74) is 6.85. The molecule has 19 heavy (non-hydrogen) atoms. The number of hydrogen-bond acceptors (Lipinski definition) is 0. The van der Waals surface area contributed by atoms with E-state index >= 15 is 0 Å². The fourth-order valence-electron chi connectivity index (χ4n) is 3.74. The van der Waals surface area contributed by atoms with Crippen molar-refractivity contribution in [1.82, 2.24) is 0 Å². The Morgan fingerprint density at radius 3 is 1.58 bits per heavy atom. The first-order valence-electron chi connectivity index (χ1n) is 8.27. The fraction of sp³-hybridized carbons (Fsp3) is 0.684. The second kappa shape index (κ2) is 7.12. The molecule has 0 aliphatic heterocycles. The largest absolute Gasteiger partial charge is 0.0645 e. The molecule has 0 unspecified atom stereocenters. The lowest BCUT2D eigenvalue weighted by atomic mass is 9.70. The van der Waals surface area contributed by atoms with Crippen molar-refractivity contribution in [2.75, 3.05) is 0 Å². The summed E-state index contributed by atoms with van der Waals surface area (Å²) in [5, 5.41) is 0. The zero-order chi connectivity index (χ0) is 14.5. The Balaban J connectivity index is 3.51. The molecular formula is C19H32. The molecule has 0 atom stereocenters. The second-order valence-electron chi connectivity index (χ2n) is 5.63. The summed E-state index contributed by atoms with van der Waals surface area (Å²) in [4.78, 5) is 0. The maximum Gasteiger partial charge on any atom is -0.00520 e. The van der Waals surface area contributed by atoms with Crippen LogP contribution in [0.2, 0.25) is 0 Å². The van der Waals surface area contributed by atoms with Gasteiger partial charge < -0.3 is 0 Å². The molecule has 1 rings (SSSR count). The highest BCUT2D eigenvalue weighted by atomic mass is 14.3. The van der Waals surface area contributed by atoms with Gasteiger partial charge in [0.1, 0.15) is 0 Å². The summed E-state index contributed by atoms with van der Waals surface area (Å²) in [6.45, 7) is 14.0. The molecule has 1 aromatic rings. The minimum atomic E-state index is 0.390. The van der Waals surface area contributed by atoms with Crippen molar-refractivity contribution in [2.45, 2.75) is 85.5 Å². The molecule has 0 radical (unpaired) electrons. The van der Waals surface area contributed by atoms with Gasteiger partial charge in [-0.15, -0.1) is 0 Å². The van der Waals surface area contributed by atoms with Crippen LogP contribution in [0.4, 0.5) is 0 Å². The minimum Gasteiger partial charge on any atom is -0.0645 e. The average molecular weight is 260 g/mol. The van der Waals surface area contributed by atoms with Crippen LogP contribution in [0.15, 0.2) is 12.1 Å². The fourth-order valence-corrected chi connectivity index (χ4v) is 3.74. The Morgan fingerprint density at radius 2 is 1.21 bits per heavy atom. The van der Waals surface area contributed by atoms with E-state index in [0.717, 1.165) is 6.42 Å². The van der Waals surface area contributed by atoms with Gasteiger partial charge in [0.25, 0.3) is 0 Å². The van der Waals surface area contributed by atoms with Gasteiger partial charge in [-0.25, -0.2) is 0 Å². The quantitative estimate of drug-likeness (QED) is 0.577. The number of hydrogen-bond donors (Lipinski definition) is 0. The first kappa shape index (κ1) is 16.3. The van der Waals surface area contributed by atoms with Gasteiger partial charge in [-0.05, 0) is 66.2 Å². The van der Waals surface area contributed by atoms with Crippen LogP contribution in [0.1, 0.15) is 83.1 Å². The van der Waals surface area contributed by atoms with E-state index in [0.29, 0.717) is 5.41 Å². The van der Waals surface area contributed by atoms with E-state index in [1.165, 1.54) is 32.1 Å². The third-order valence-corrected chi connectivity index (χ3v) is 5.22. The van der Waals surface area contributed by atoms with Gasteiger partial charge in [-0.1, -0.05) is 53.7 Å². The van der Waals surface area contributed by atoms with Gasteiger partial charge in [0.05, 0.1) is 0 Å². The van der Waals surface area contributed by atoms with E-state index in [9.17, 15) is 0 Å². The first-order valence-corrected chi connectivity index (χ1v) is 8.27. The molecule has 0 bridgehead atoms. The molecule has 0 saturated heterocycles. The highest BCUT2D eigenvalue weighted by Crippen LogP contribution is 2.39. The molecule has 0 N–H and O–H groups in total. The summed E-state index contributed by atoms with van der Waals surface area (Å²) in [6, 6.07) is 4.83. The maximum absolute atomic E-state index is 2.44. The van der Waals surface area contributed by atoms with Crippen molar-refractivity contribution in [1.29, 1.82) is 0 Å². The zero-order valence-corrected chi connectivity index (χ0v) is 13.9. The lowest BCUT2D eigenvalue weighted by Gasteiger charge is -2.34. The number of rotatable bonds is 7. The van der Waals surface area contributed by atoms with E-state index in [4.69, 9.17) is 0 Å². The van der Waals surface area contributed by atoms with E-state index in [1.54, 1.807) is 22.3 Å². The summed E-state index contributed by atoms with van der Waals surface area (Å²) in [5.74, 6) is 0.